The van der Waals surface area contributed by atoms with E-state index in [1.54, 1.807) is 6.07 Å². The number of carbonyl (C=O) groups is 4. The molecule has 33 heavy (non-hydrogen) atoms. The van der Waals surface area contributed by atoms with Crippen molar-refractivity contribution in [2.24, 2.45) is 0 Å². The van der Waals surface area contributed by atoms with Gasteiger partial charge < -0.3 is 10.6 Å². The average Bonchev–Trinajstić information content (AvgIpc) is 3.07. The number of rotatable bonds is 6. The fourth-order valence-electron chi connectivity index (χ4n) is 3.68. The monoisotopic (exact) mass is 441 g/mol. The van der Waals surface area contributed by atoms with Crippen molar-refractivity contribution in [3.63, 3.8) is 0 Å². The molecule has 0 spiro atoms. The molecule has 2 N–H and O–H groups in total. The first kappa shape index (κ1) is 22.0. The van der Waals surface area contributed by atoms with Crippen LogP contribution in [0.4, 0.5) is 5.69 Å². The number of benzene rings is 3. The molecule has 0 atom stereocenters. The molecule has 0 aliphatic carbocycles. The normalized spacial score (nSPS) is 12.5. The lowest BCUT2D eigenvalue weighted by atomic mass is 10.1. The molecule has 0 radical (unpaired) electrons. The van der Waals surface area contributed by atoms with Gasteiger partial charge in [0.15, 0.2) is 0 Å². The van der Waals surface area contributed by atoms with Gasteiger partial charge in [0.2, 0.25) is 5.91 Å². The Hall–Kier alpha value is -4.26. The molecule has 3 aromatic rings. The van der Waals surface area contributed by atoms with Gasteiger partial charge in [-0.1, -0.05) is 42.5 Å². The van der Waals surface area contributed by atoms with Crippen LogP contribution < -0.4 is 15.5 Å². The lowest BCUT2D eigenvalue weighted by Crippen LogP contribution is -2.36. The summed E-state index contributed by atoms with van der Waals surface area (Å²) in [5.74, 6) is -1.73. The lowest BCUT2D eigenvalue weighted by Gasteiger charge is -2.17. The predicted octanol–water partition coefficient (Wildman–Crippen LogP) is 3.15. The first-order valence-corrected chi connectivity index (χ1v) is 10.5. The Morgan fingerprint density at radius 2 is 1.55 bits per heavy atom. The van der Waals surface area contributed by atoms with Gasteiger partial charge in [-0.2, -0.15) is 0 Å². The third-order valence-corrected chi connectivity index (χ3v) is 5.50. The molecule has 0 unspecified atom stereocenters. The number of amides is 4. The van der Waals surface area contributed by atoms with E-state index in [1.807, 2.05) is 56.3 Å². The highest BCUT2D eigenvalue weighted by Crippen LogP contribution is 2.31. The molecule has 0 saturated heterocycles. The Morgan fingerprint density at radius 1 is 0.818 bits per heavy atom. The van der Waals surface area contributed by atoms with Gasteiger partial charge >= 0.3 is 0 Å². The molecule has 0 fully saturated rings. The maximum Gasteiger partial charge on any atom is 0.266 e. The second kappa shape index (κ2) is 9.08. The summed E-state index contributed by atoms with van der Waals surface area (Å²) in [5, 5.41) is 5.29. The van der Waals surface area contributed by atoms with Crippen molar-refractivity contribution in [1.82, 2.24) is 10.6 Å². The zero-order valence-corrected chi connectivity index (χ0v) is 18.3. The number of fused-ring (bicyclic) bond motifs is 1. The smallest absolute Gasteiger partial charge is 0.266 e. The average molecular weight is 441 g/mol. The van der Waals surface area contributed by atoms with Gasteiger partial charge in [0.25, 0.3) is 17.7 Å². The Morgan fingerprint density at radius 3 is 2.30 bits per heavy atom. The number of hydrogen-bond donors (Lipinski definition) is 2. The second-order valence-corrected chi connectivity index (χ2v) is 7.94. The number of nitrogens with one attached hydrogen (secondary N) is 2. The Labute approximate surface area is 191 Å². The van der Waals surface area contributed by atoms with Gasteiger partial charge in [0, 0.05) is 12.1 Å². The summed E-state index contributed by atoms with van der Waals surface area (Å²) in [6.45, 7) is 3.88. The number of aryl methyl sites for hydroxylation is 2. The van der Waals surface area contributed by atoms with Gasteiger partial charge in [-0.05, 0) is 54.8 Å². The molecule has 4 amide bonds. The number of imide groups is 1. The van der Waals surface area contributed by atoms with Gasteiger partial charge in [0.05, 0.1) is 23.4 Å². The third kappa shape index (κ3) is 4.52. The largest absolute Gasteiger partial charge is 0.350 e. The molecular weight excluding hydrogens is 418 g/mol. The molecule has 7 heteroatoms. The van der Waals surface area contributed by atoms with Crippen LogP contribution in [0.2, 0.25) is 0 Å². The van der Waals surface area contributed by atoms with E-state index in [0.29, 0.717) is 12.2 Å². The van der Waals surface area contributed by atoms with Crippen LogP contribution >= 0.6 is 0 Å². The number of carbonyl (C=O) groups excluding carboxylic acids is 4. The summed E-state index contributed by atoms with van der Waals surface area (Å²) in [7, 11) is 0. The number of nitrogens with zero attached hydrogens (tertiary/aromatic N) is 1. The van der Waals surface area contributed by atoms with E-state index in [-0.39, 0.29) is 29.1 Å². The van der Waals surface area contributed by atoms with E-state index in [0.717, 1.165) is 21.6 Å². The summed E-state index contributed by atoms with van der Waals surface area (Å²) in [4.78, 5) is 51.7. The zero-order chi connectivity index (χ0) is 23.5. The van der Waals surface area contributed by atoms with Crippen LogP contribution in [0.5, 0.6) is 0 Å². The van der Waals surface area contributed by atoms with E-state index in [2.05, 4.69) is 10.6 Å². The van der Waals surface area contributed by atoms with Crippen LogP contribution in [-0.4, -0.2) is 30.2 Å². The molecule has 4 rings (SSSR count). The van der Waals surface area contributed by atoms with Crippen LogP contribution in [-0.2, 0) is 11.3 Å². The van der Waals surface area contributed by atoms with Crippen molar-refractivity contribution in [1.29, 1.82) is 0 Å². The highest BCUT2D eigenvalue weighted by atomic mass is 16.2. The molecule has 1 aliphatic rings. The summed E-state index contributed by atoms with van der Waals surface area (Å²) in [6.07, 6.45) is 0. The van der Waals surface area contributed by atoms with Crippen LogP contribution in [0.3, 0.4) is 0 Å². The first-order chi connectivity index (χ1) is 15.8. The fraction of sp³-hybridized carbons (Fsp3) is 0.154. The van der Waals surface area contributed by atoms with Crippen molar-refractivity contribution >= 4 is 29.3 Å². The SMILES string of the molecule is Cc1ccc(C)c(N2C(=O)c3ccc(C(=O)NCC(=O)NCc4ccccc4)cc3C2=O)c1. The van der Waals surface area contributed by atoms with Crippen LogP contribution in [0, 0.1) is 13.8 Å². The van der Waals surface area contributed by atoms with Crippen LogP contribution in [0.15, 0.2) is 66.7 Å². The first-order valence-electron chi connectivity index (χ1n) is 10.5. The predicted molar refractivity (Wildman–Crippen MR) is 124 cm³/mol. The maximum atomic E-state index is 13.0. The molecular formula is C26H23N3O4. The van der Waals surface area contributed by atoms with Gasteiger partial charge in [-0.25, -0.2) is 4.90 Å². The zero-order valence-electron chi connectivity index (χ0n) is 18.3. The molecule has 0 bridgehead atoms. The van der Waals surface area contributed by atoms with E-state index < -0.39 is 17.7 Å². The van der Waals surface area contributed by atoms with Crippen molar-refractivity contribution in [3.8, 4) is 0 Å². The minimum Gasteiger partial charge on any atom is -0.350 e. The molecule has 0 aromatic heterocycles. The maximum absolute atomic E-state index is 13.0. The van der Waals surface area contributed by atoms with Crippen molar-refractivity contribution in [2.75, 3.05) is 11.4 Å². The van der Waals surface area contributed by atoms with E-state index >= 15 is 0 Å². The number of anilines is 1. The summed E-state index contributed by atoms with van der Waals surface area (Å²) < 4.78 is 0. The summed E-state index contributed by atoms with van der Waals surface area (Å²) >= 11 is 0. The van der Waals surface area contributed by atoms with E-state index in [9.17, 15) is 19.2 Å². The Kier molecular flexibility index (Phi) is 6.04. The molecule has 166 valence electrons. The minimum atomic E-state index is -0.502. The standard InChI is InChI=1S/C26H23N3O4/c1-16-8-9-17(2)22(12-16)29-25(32)20-11-10-19(13-21(20)26(29)33)24(31)28-15-23(30)27-14-18-6-4-3-5-7-18/h3-13H,14-15H2,1-2H3,(H,27,30)(H,28,31). The van der Waals surface area contributed by atoms with Gasteiger partial charge in [0.1, 0.15) is 0 Å². The molecule has 7 nitrogen and oxygen atoms in total. The highest BCUT2D eigenvalue weighted by molar-refractivity contribution is 6.35. The highest BCUT2D eigenvalue weighted by Gasteiger charge is 2.37. The molecule has 1 heterocycles. The Balaban J connectivity index is 1.43. The van der Waals surface area contributed by atoms with E-state index in [4.69, 9.17) is 0 Å². The lowest BCUT2D eigenvalue weighted by molar-refractivity contribution is -0.120. The third-order valence-electron chi connectivity index (χ3n) is 5.50. The molecule has 1 aliphatic heterocycles. The Bertz CT molecular complexity index is 1270. The van der Waals surface area contributed by atoms with E-state index in [1.165, 1.54) is 18.2 Å². The van der Waals surface area contributed by atoms with Crippen molar-refractivity contribution in [3.05, 3.63) is 100 Å². The molecule has 0 saturated carbocycles. The van der Waals surface area contributed by atoms with Crippen LogP contribution in [0.25, 0.3) is 0 Å². The molecule has 3 aromatic carbocycles. The fourth-order valence-corrected chi connectivity index (χ4v) is 3.68. The van der Waals surface area contributed by atoms with Crippen LogP contribution in [0.1, 0.15) is 47.8 Å². The number of hydrogen-bond acceptors (Lipinski definition) is 4. The summed E-state index contributed by atoms with van der Waals surface area (Å²) in [5.41, 5.74) is 3.83. The topological polar surface area (TPSA) is 95.6 Å². The van der Waals surface area contributed by atoms with Crippen molar-refractivity contribution in [2.45, 2.75) is 20.4 Å². The van der Waals surface area contributed by atoms with Gasteiger partial charge in [-0.15, -0.1) is 0 Å². The summed E-state index contributed by atoms with van der Waals surface area (Å²) in [6, 6.07) is 19.4. The quantitative estimate of drug-likeness (QED) is 0.575. The second-order valence-electron chi connectivity index (χ2n) is 7.94. The van der Waals surface area contributed by atoms with Gasteiger partial charge in [-0.3, -0.25) is 19.2 Å². The minimum absolute atomic E-state index is 0.169. The van der Waals surface area contributed by atoms with Crippen molar-refractivity contribution < 1.29 is 19.2 Å².